The normalized spacial score (nSPS) is 16.0. The number of carboxylic acid groups (broad SMARTS) is 1. The average molecular weight is 247 g/mol. The van der Waals surface area contributed by atoms with Crippen molar-refractivity contribution in [3.63, 3.8) is 0 Å². The fraction of sp³-hybridized carbons (Fsp3) is 0.429. The predicted octanol–water partition coefficient (Wildman–Crippen LogP) is 1.77. The number of nitrogens with one attached hydrogen (secondary N) is 1. The summed E-state index contributed by atoms with van der Waals surface area (Å²) in [7, 11) is 0. The molecule has 18 heavy (non-hydrogen) atoms. The summed E-state index contributed by atoms with van der Waals surface area (Å²) < 4.78 is 0. The molecule has 1 amide bonds. The number of rotatable bonds is 6. The van der Waals surface area contributed by atoms with E-state index in [4.69, 9.17) is 0 Å². The molecule has 2 N–H and O–H groups in total. The van der Waals surface area contributed by atoms with Crippen molar-refractivity contribution in [3.8, 4) is 0 Å². The van der Waals surface area contributed by atoms with Crippen LogP contribution in [-0.2, 0) is 9.59 Å². The molecule has 1 saturated carbocycles. The van der Waals surface area contributed by atoms with Gasteiger partial charge in [0.25, 0.3) is 0 Å². The van der Waals surface area contributed by atoms with Gasteiger partial charge < -0.3 is 10.4 Å². The van der Waals surface area contributed by atoms with E-state index in [-0.39, 0.29) is 12.5 Å². The van der Waals surface area contributed by atoms with E-state index in [1.165, 1.54) is 0 Å². The average Bonchev–Trinajstić information content (AvgIpc) is 3.14. The number of carbonyl (C=O) groups is 2. The summed E-state index contributed by atoms with van der Waals surface area (Å²) in [6.07, 6.45) is 2.77. The van der Waals surface area contributed by atoms with Crippen molar-refractivity contribution in [3.05, 3.63) is 35.9 Å². The topological polar surface area (TPSA) is 66.4 Å². The lowest BCUT2D eigenvalue weighted by Gasteiger charge is -2.13. The fourth-order valence-corrected chi connectivity index (χ4v) is 1.91. The van der Waals surface area contributed by atoms with Crippen LogP contribution in [0.2, 0.25) is 0 Å². The van der Waals surface area contributed by atoms with Crippen LogP contribution in [0.3, 0.4) is 0 Å². The van der Waals surface area contributed by atoms with Crippen LogP contribution >= 0.6 is 0 Å². The summed E-state index contributed by atoms with van der Waals surface area (Å²) in [5.74, 6) is -1.10. The molecule has 1 fully saturated rings. The Morgan fingerprint density at radius 1 is 1.28 bits per heavy atom. The number of carboxylic acids is 1. The van der Waals surface area contributed by atoms with Crippen LogP contribution in [0, 0.1) is 5.92 Å². The molecule has 0 bridgehead atoms. The minimum Gasteiger partial charge on any atom is -0.481 e. The van der Waals surface area contributed by atoms with E-state index >= 15 is 0 Å². The minimum absolute atomic E-state index is 0.0420. The van der Waals surface area contributed by atoms with Crippen LogP contribution in [0.5, 0.6) is 0 Å². The second-order valence-corrected chi connectivity index (χ2v) is 4.75. The van der Waals surface area contributed by atoms with Gasteiger partial charge in [-0.25, -0.2) is 0 Å². The third-order valence-electron chi connectivity index (χ3n) is 3.17. The zero-order chi connectivity index (χ0) is 13.0. The Morgan fingerprint density at radius 2 is 1.94 bits per heavy atom. The lowest BCUT2D eigenvalue weighted by molar-refractivity contribution is -0.138. The highest BCUT2D eigenvalue weighted by Crippen LogP contribution is 2.32. The highest BCUT2D eigenvalue weighted by molar-refractivity contribution is 5.80. The van der Waals surface area contributed by atoms with E-state index in [0.29, 0.717) is 12.3 Å². The number of amides is 1. The Labute approximate surface area is 106 Å². The minimum atomic E-state index is -0.909. The van der Waals surface area contributed by atoms with Gasteiger partial charge in [-0.2, -0.15) is 0 Å². The maximum atomic E-state index is 11.5. The number of benzene rings is 1. The molecular formula is C14H17NO3. The van der Waals surface area contributed by atoms with Crippen molar-refractivity contribution < 1.29 is 14.7 Å². The fourth-order valence-electron chi connectivity index (χ4n) is 1.91. The molecule has 1 aromatic carbocycles. The van der Waals surface area contributed by atoms with Crippen molar-refractivity contribution in [1.82, 2.24) is 5.32 Å². The summed E-state index contributed by atoms with van der Waals surface area (Å²) >= 11 is 0. The van der Waals surface area contributed by atoms with Crippen molar-refractivity contribution >= 4 is 11.9 Å². The van der Waals surface area contributed by atoms with Crippen LogP contribution in [-0.4, -0.2) is 23.5 Å². The van der Waals surface area contributed by atoms with Gasteiger partial charge >= 0.3 is 5.97 Å². The Hall–Kier alpha value is -1.84. The molecule has 4 heteroatoms. The van der Waals surface area contributed by atoms with Gasteiger partial charge in [-0.3, -0.25) is 9.59 Å². The van der Waals surface area contributed by atoms with Crippen LogP contribution < -0.4 is 5.32 Å². The van der Waals surface area contributed by atoms with Gasteiger partial charge in [0.15, 0.2) is 0 Å². The third kappa shape index (κ3) is 3.58. The molecule has 0 saturated heterocycles. The second-order valence-electron chi connectivity index (χ2n) is 4.75. The van der Waals surface area contributed by atoms with E-state index in [1.54, 1.807) is 24.3 Å². The zero-order valence-corrected chi connectivity index (χ0v) is 10.1. The lowest BCUT2D eigenvalue weighted by Crippen LogP contribution is -2.31. The van der Waals surface area contributed by atoms with E-state index in [1.807, 2.05) is 6.07 Å². The molecule has 0 heterocycles. The zero-order valence-electron chi connectivity index (χ0n) is 10.1. The first-order valence-corrected chi connectivity index (χ1v) is 6.21. The monoisotopic (exact) mass is 247 g/mol. The van der Waals surface area contributed by atoms with Crippen LogP contribution in [0.15, 0.2) is 30.3 Å². The van der Waals surface area contributed by atoms with E-state index in [9.17, 15) is 14.7 Å². The first-order chi connectivity index (χ1) is 8.66. The van der Waals surface area contributed by atoms with Gasteiger partial charge in [0.05, 0.1) is 5.92 Å². The number of hydrogen-bond donors (Lipinski definition) is 2. The molecule has 1 aromatic rings. The number of carbonyl (C=O) groups excluding carboxylic acids is 1. The van der Waals surface area contributed by atoms with Gasteiger partial charge in [0, 0.05) is 13.0 Å². The molecular weight excluding hydrogens is 230 g/mol. The molecule has 2 rings (SSSR count). The van der Waals surface area contributed by atoms with Crippen molar-refractivity contribution in [2.45, 2.75) is 25.2 Å². The Bertz CT molecular complexity index is 426. The highest BCUT2D eigenvalue weighted by atomic mass is 16.4. The smallest absolute Gasteiger partial charge is 0.312 e. The molecule has 0 aliphatic heterocycles. The SMILES string of the molecule is O=C(CC1CC1)NCC(C(=O)O)c1ccccc1. The van der Waals surface area contributed by atoms with E-state index in [0.717, 1.165) is 18.4 Å². The maximum absolute atomic E-state index is 11.5. The largest absolute Gasteiger partial charge is 0.481 e. The van der Waals surface area contributed by atoms with Gasteiger partial charge in [0.2, 0.25) is 5.91 Å². The molecule has 96 valence electrons. The number of hydrogen-bond acceptors (Lipinski definition) is 2. The Kier molecular flexibility index (Phi) is 3.97. The highest BCUT2D eigenvalue weighted by Gasteiger charge is 2.25. The van der Waals surface area contributed by atoms with Crippen molar-refractivity contribution in [2.75, 3.05) is 6.54 Å². The van der Waals surface area contributed by atoms with Crippen molar-refractivity contribution in [1.29, 1.82) is 0 Å². The lowest BCUT2D eigenvalue weighted by atomic mass is 9.99. The maximum Gasteiger partial charge on any atom is 0.312 e. The first-order valence-electron chi connectivity index (χ1n) is 6.21. The van der Waals surface area contributed by atoms with Crippen LogP contribution in [0.1, 0.15) is 30.7 Å². The van der Waals surface area contributed by atoms with Crippen molar-refractivity contribution in [2.24, 2.45) is 5.92 Å². The van der Waals surface area contributed by atoms with Gasteiger partial charge in [-0.1, -0.05) is 30.3 Å². The Morgan fingerprint density at radius 3 is 2.50 bits per heavy atom. The van der Waals surface area contributed by atoms with E-state index in [2.05, 4.69) is 5.32 Å². The quantitative estimate of drug-likeness (QED) is 0.805. The first kappa shape index (κ1) is 12.6. The molecule has 1 atom stereocenters. The number of aliphatic carboxylic acids is 1. The van der Waals surface area contributed by atoms with Gasteiger partial charge in [0.1, 0.15) is 0 Å². The molecule has 4 nitrogen and oxygen atoms in total. The van der Waals surface area contributed by atoms with Gasteiger partial charge in [-0.05, 0) is 24.3 Å². The summed E-state index contributed by atoms with van der Waals surface area (Å²) in [5, 5.41) is 11.9. The standard InChI is InChI=1S/C14H17NO3/c16-13(8-10-6-7-10)15-9-12(14(17)18)11-4-2-1-3-5-11/h1-5,10,12H,6-9H2,(H,15,16)(H,17,18). The molecule has 0 radical (unpaired) electrons. The molecule has 0 spiro atoms. The third-order valence-corrected chi connectivity index (χ3v) is 3.17. The van der Waals surface area contributed by atoms with E-state index < -0.39 is 11.9 Å². The molecule has 1 aliphatic carbocycles. The summed E-state index contributed by atoms with van der Waals surface area (Å²) in [5.41, 5.74) is 0.719. The van der Waals surface area contributed by atoms with Gasteiger partial charge in [-0.15, -0.1) is 0 Å². The second kappa shape index (κ2) is 5.67. The summed E-state index contributed by atoms with van der Waals surface area (Å²) in [4.78, 5) is 22.7. The predicted molar refractivity (Wildman–Crippen MR) is 67.2 cm³/mol. The Balaban J connectivity index is 1.90. The molecule has 1 unspecified atom stereocenters. The summed E-state index contributed by atoms with van der Waals surface area (Å²) in [6, 6.07) is 8.99. The molecule has 1 aliphatic rings. The summed E-state index contributed by atoms with van der Waals surface area (Å²) in [6.45, 7) is 0.158. The molecule has 0 aromatic heterocycles. The van der Waals surface area contributed by atoms with Crippen LogP contribution in [0.4, 0.5) is 0 Å². The van der Waals surface area contributed by atoms with Crippen LogP contribution in [0.25, 0.3) is 0 Å².